The molecule has 0 amide bonds. The molecule has 1 heterocycles. The number of aliphatic hydroxyl groups is 1. The van der Waals surface area contributed by atoms with Gasteiger partial charge in [0.15, 0.2) is 5.78 Å². The van der Waals surface area contributed by atoms with Gasteiger partial charge in [-0.3, -0.25) is 10.2 Å². The number of ketones is 1. The predicted octanol–water partition coefficient (Wildman–Crippen LogP) is 6.19. The van der Waals surface area contributed by atoms with E-state index in [-0.39, 0.29) is 34.8 Å². The average Bonchev–Trinajstić information content (AvgIpc) is 3.05. The van der Waals surface area contributed by atoms with Gasteiger partial charge in [0.25, 0.3) is 0 Å². The SMILES string of the molecule is CCC(O)(CC)CCCC1CCN(CC(=O)c2cc(C(C)(C)C)c(O)c(C(C)(C)C)c2)C1=N. The number of hydrogen-bond acceptors (Lipinski definition) is 4. The molecule has 1 aliphatic rings. The molecular formula is C28H46N2O3. The highest BCUT2D eigenvalue weighted by atomic mass is 16.3. The molecule has 2 rings (SSSR count). The van der Waals surface area contributed by atoms with Crippen LogP contribution in [0, 0.1) is 11.3 Å². The summed E-state index contributed by atoms with van der Waals surface area (Å²) in [5, 5.41) is 30.1. The lowest BCUT2D eigenvalue weighted by Crippen LogP contribution is -2.33. The fourth-order valence-corrected chi connectivity index (χ4v) is 4.76. The van der Waals surface area contributed by atoms with Crippen molar-refractivity contribution in [3.8, 4) is 5.75 Å². The Bertz CT molecular complexity index is 822. The zero-order chi connectivity index (χ0) is 25.2. The molecule has 0 spiro atoms. The van der Waals surface area contributed by atoms with E-state index in [2.05, 4.69) is 0 Å². The number of benzene rings is 1. The van der Waals surface area contributed by atoms with Crippen LogP contribution in [0.4, 0.5) is 0 Å². The highest BCUT2D eigenvalue weighted by Gasteiger charge is 2.32. The van der Waals surface area contributed by atoms with Crippen molar-refractivity contribution in [2.24, 2.45) is 5.92 Å². The van der Waals surface area contributed by atoms with E-state index in [1.54, 1.807) is 0 Å². The highest BCUT2D eigenvalue weighted by molar-refractivity contribution is 6.00. The number of hydrogen-bond donors (Lipinski definition) is 3. The summed E-state index contributed by atoms with van der Waals surface area (Å²) in [5.74, 6) is 0.971. The molecule has 1 aromatic carbocycles. The Morgan fingerprint density at radius 2 is 1.58 bits per heavy atom. The number of aromatic hydroxyl groups is 1. The van der Waals surface area contributed by atoms with Gasteiger partial charge in [0.05, 0.1) is 18.0 Å². The van der Waals surface area contributed by atoms with E-state index in [1.165, 1.54) is 0 Å². The Morgan fingerprint density at radius 1 is 1.06 bits per heavy atom. The van der Waals surface area contributed by atoms with Crippen molar-refractivity contribution in [2.75, 3.05) is 13.1 Å². The van der Waals surface area contributed by atoms with Crippen molar-refractivity contribution < 1.29 is 15.0 Å². The molecule has 3 N–H and O–H groups in total. The van der Waals surface area contributed by atoms with E-state index in [4.69, 9.17) is 5.41 Å². The second-order valence-corrected chi connectivity index (χ2v) is 12.0. The summed E-state index contributed by atoms with van der Waals surface area (Å²) in [4.78, 5) is 15.2. The molecule has 33 heavy (non-hydrogen) atoms. The molecule has 0 bridgehead atoms. The number of rotatable bonds is 9. The predicted molar refractivity (Wildman–Crippen MR) is 137 cm³/mol. The highest BCUT2D eigenvalue weighted by Crippen LogP contribution is 2.40. The number of carbonyl (C=O) groups is 1. The monoisotopic (exact) mass is 458 g/mol. The van der Waals surface area contributed by atoms with E-state index in [9.17, 15) is 15.0 Å². The van der Waals surface area contributed by atoms with Crippen molar-refractivity contribution in [3.63, 3.8) is 0 Å². The number of phenolic OH excluding ortho intramolecular Hbond substituents is 1. The summed E-state index contributed by atoms with van der Waals surface area (Å²) in [6, 6.07) is 3.67. The van der Waals surface area contributed by atoms with Gasteiger partial charge in [-0.25, -0.2) is 0 Å². The molecule has 0 saturated carbocycles. The van der Waals surface area contributed by atoms with Crippen LogP contribution in [0.15, 0.2) is 12.1 Å². The van der Waals surface area contributed by atoms with Gasteiger partial charge >= 0.3 is 0 Å². The first kappa shape index (κ1) is 27.4. The van der Waals surface area contributed by atoms with Crippen LogP contribution >= 0.6 is 0 Å². The van der Waals surface area contributed by atoms with Crippen molar-refractivity contribution >= 4 is 11.6 Å². The average molecular weight is 459 g/mol. The number of phenols is 1. The molecule has 5 nitrogen and oxygen atoms in total. The first-order chi connectivity index (χ1) is 15.1. The maximum atomic E-state index is 13.3. The zero-order valence-electron chi connectivity index (χ0n) is 22.1. The Hall–Kier alpha value is -1.88. The van der Waals surface area contributed by atoms with Gasteiger partial charge in [-0.05, 0) is 61.5 Å². The van der Waals surface area contributed by atoms with Crippen LogP contribution in [-0.4, -0.2) is 45.4 Å². The lowest BCUT2D eigenvalue weighted by Gasteiger charge is -2.28. The lowest BCUT2D eigenvalue weighted by molar-refractivity contribution is 0.0207. The van der Waals surface area contributed by atoms with E-state index in [1.807, 2.05) is 72.4 Å². The number of nitrogens with zero attached hydrogens (tertiary/aromatic N) is 1. The smallest absolute Gasteiger partial charge is 0.182 e. The van der Waals surface area contributed by atoms with E-state index in [0.29, 0.717) is 11.4 Å². The standard InChI is InChI=1S/C28H46N2O3/c1-9-28(33,10-2)14-11-12-19-13-15-30(25(19)29)18-23(31)20-16-21(26(3,4)5)24(32)22(17-20)27(6,7)8/h16-17,19,29,32-33H,9-15,18H2,1-8H3. The molecular weight excluding hydrogens is 412 g/mol. The Morgan fingerprint density at radius 3 is 2.03 bits per heavy atom. The molecule has 0 aromatic heterocycles. The van der Waals surface area contributed by atoms with Crippen molar-refractivity contribution in [3.05, 3.63) is 28.8 Å². The van der Waals surface area contributed by atoms with Gasteiger partial charge in [0, 0.05) is 29.2 Å². The van der Waals surface area contributed by atoms with Crippen LogP contribution in [0.25, 0.3) is 0 Å². The van der Waals surface area contributed by atoms with E-state index >= 15 is 0 Å². The third-order valence-electron chi connectivity index (χ3n) is 7.37. The van der Waals surface area contributed by atoms with Crippen LogP contribution in [0.5, 0.6) is 5.75 Å². The molecule has 1 atom stereocenters. The van der Waals surface area contributed by atoms with Gasteiger partial charge in [-0.15, -0.1) is 0 Å². The summed E-state index contributed by atoms with van der Waals surface area (Å²) < 4.78 is 0. The van der Waals surface area contributed by atoms with Gasteiger partial charge < -0.3 is 15.1 Å². The summed E-state index contributed by atoms with van der Waals surface area (Å²) in [6.45, 7) is 17.2. The van der Waals surface area contributed by atoms with Crippen molar-refractivity contribution in [2.45, 2.75) is 110 Å². The van der Waals surface area contributed by atoms with Gasteiger partial charge in [-0.1, -0.05) is 55.4 Å². The largest absolute Gasteiger partial charge is 0.507 e. The van der Waals surface area contributed by atoms with Gasteiger partial charge in [0.1, 0.15) is 5.75 Å². The number of nitrogens with one attached hydrogen (secondary N) is 1. The topological polar surface area (TPSA) is 84.6 Å². The van der Waals surface area contributed by atoms with Crippen molar-refractivity contribution in [1.82, 2.24) is 4.90 Å². The Kier molecular flexibility index (Phi) is 8.43. The minimum absolute atomic E-state index is 0.0114. The number of likely N-dealkylation sites (tertiary alicyclic amines) is 1. The first-order valence-electron chi connectivity index (χ1n) is 12.6. The molecule has 1 unspecified atom stereocenters. The number of amidine groups is 1. The van der Waals surface area contributed by atoms with Gasteiger partial charge in [0.2, 0.25) is 0 Å². The minimum Gasteiger partial charge on any atom is -0.507 e. The summed E-state index contributed by atoms with van der Waals surface area (Å²) >= 11 is 0. The summed E-state index contributed by atoms with van der Waals surface area (Å²) in [5.41, 5.74) is 1.01. The molecule has 1 aliphatic heterocycles. The quantitative estimate of drug-likeness (QED) is 0.385. The third kappa shape index (κ3) is 6.59. The maximum Gasteiger partial charge on any atom is 0.182 e. The molecule has 1 fully saturated rings. The minimum atomic E-state index is -0.592. The van der Waals surface area contributed by atoms with Crippen LogP contribution < -0.4 is 0 Å². The molecule has 1 saturated heterocycles. The van der Waals surface area contributed by atoms with Crippen LogP contribution in [0.2, 0.25) is 0 Å². The van der Waals surface area contributed by atoms with Gasteiger partial charge in [-0.2, -0.15) is 0 Å². The maximum absolute atomic E-state index is 13.3. The normalized spacial score (nSPS) is 17.7. The second kappa shape index (κ2) is 10.2. The number of Topliss-reactive ketones (excluding diaryl/α,β-unsaturated/α-hetero) is 1. The number of carbonyl (C=O) groups excluding carboxylic acids is 1. The fraction of sp³-hybridized carbons (Fsp3) is 0.714. The van der Waals surface area contributed by atoms with E-state index in [0.717, 1.165) is 56.2 Å². The zero-order valence-corrected chi connectivity index (χ0v) is 22.1. The molecule has 5 heteroatoms. The summed E-state index contributed by atoms with van der Waals surface area (Å²) in [6.07, 6.45) is 4.94. The van der Waals surface area contributed by atoms with Crippen LogP contribution in [0.1, 0.15) is 115 Å². The lowest BCUT2D eigenvalue weighted by atomic mass is 9.78. The summed E-state index contributed by atoms with van der Waals surface area (Å²) in [7, 11) is 0. The van der Waals surface area contributed by atoms with E-state index < -0.39 is 5.60 Å². The van der Waals surface area contributed by atoms with Crippen LogP contribution in [-0.2, 0) is 10.8 Å². The second-order valence-electron chi connectivity index (χ2n) is 12.0. The first-order valence-corrected chi connectivity index (χ1v) is 12.6. The molecule has 1 aromatic rings. The molecule has 186 valence electrons. The van der Waals surface area contributed by atoms with Crippen molar-refractivity contribution in [1.29, 1.82) is 5.41 Å². The Labute approximate surface area is 201 Å². The fourth-order valence-electron chi connectivity index (χ4n) is 4.76. The van der Waals surface area contributed by atoms with Crippen LogP contribution in [0.3, 0.4) is 0 Å². The Balaban J connectivity index is 2.13. The third-order valence-corrected chi connectivity index (χ3v) is 7.37. The molecule has 0 aliphatic carbocycles. The molecule has 0 radical (unpaired) electrons.